The van der Waals surface area contributed by atoms with E-state index in [4.69, 9.17) is 0 Å². The van der Waals surface area contributed by atoms with E-state index >= 15 is 0 Å². The summed E-state index contributed by atoms with van der Waals surface area (Å²) in [4.78, 5) is 27.8. The first kappa shape index (κ1) is 22.3. The van der Waals surface area contributed by atoms with Gasteiger partial charge in [0.15, 0.2) is 0 Å². The molecular formula is C25H27N3O3S. The molecule has 1 amide bonds. The lowest BCUT2D eigenvalue weighted by Gasteiger charge is -2.35. The molecule has 0 atom stereocenters. The Bertz CT molecular complexity index is 1070. The summed E-state index contributed by atoms with van der Waals surface area (Å²) in [6.45, 7) is 4.37. The van der Waals surface area contributed by atoms with Gasteiger partial charge in [0.05, 0.1) is 4.92 Å². The Morgan fingerprint density at radius 1 is 0.938 bits per heavy atom. The van der Waals surface area contributed by atoms with Gasteiger partial charge >= 0.3 is 0 Å². The molecule has 0 bridgehead atoms. The number of benzene rings is 3. The van der Waals surface area contributed by atoms with Gasteiger partial charge in [-0.1, -0.05) is 48.5 Å². The van der Waals surface area contributed by atoms with Gasteiger partial charge in [0.1, 0.15) is 0 Å². The number of hydrogen-bond acceptors (Lipinski definition) is 5. The Hall–Kier alpha value is -2.90. The largest absolute Gasteiger partial charge is 0.336 e. The zero-order valence-electron chi connectivity index (χ0n) is 18.0. The molecule has 0 spiro atoms. The minimum atomic E-state index is -0.369. The Balaban J connectivity index is 1.18. The maximum absolute atomic E-state index is 13.1. The van der Waals surface area contributed by atoms with Crippen LogP contribution in [0.4, 0.5) is 5.69 Å². The predicted molar refractivity (Wildman–Crippen MR) is 130 cm³/mol. The summed E-state index contributed by atoms with van der Waals surface area (Å²) in [6.07, 6.45) is 1.09. The molecule has 7 heteroatoms. The fourth-order valence-corrected chi connectivity index (χ4v) is 4.96. The van der Waals surface area contributed by atoms with Crippen LogP contribution >= 0.6 is 11.8 Å². The second-order valence-electron chi connectivity index (χ2n) is 7.99. The molecule has 3 aromatic carbocycles. The minimum absolute atomic E-state index is 0.125. The van der Waals surface area contributed by atoms with Crippen LogP contribution in [0.25, 0.3) is 10.8 Å². The highest BCUT2D eigenvalue weighted by Gasteiger charge is 2.23. The molecule has 0 radical (unpaired) electrons. The molecule has 0 aromatic heterocycles. The number of carbonyl (C=O) groups is 1. The number of nitrogens with zero attached hydrogens (tertiary/aromatic N) is 3. The van der Waals surface area contributed by atoms with E-state index in [2.05, 4.69) is 4.90 Å². The van der Waals surface area contributed by atoms with Crippen LogP contribution in [0.3, 0.4) is 0 Å². The third kappa shape index (κ3) is 5.47. The van der Waals surface area contributed by atoms with Crippen molar-refractivity contribution >= 4 is 34.1 Å². The minimum Gasteiger partial charge on any atom is -0.336 e. The molecular weight excluding hydrogens is 422 g/mol. The van der Waals surface area contributed by atoms with Gasteiger partial charge in [-0.25, -0.2) is 0 Å². The number of amides is 1. The lowest BCUT2D eigenvalue weighted by atomic mass is 10.0. The molecule has 0 N–H and O–H groups in total. The highest BCUT2D eigenvalue weighted by Crippen LogP contribution is 2.21. The van der Waals surface area contributed by atoms with E-state index in [0.717, 1.165) is 72.5 Å². The van der Waals surface area contributed by atoms with Gasteiger partial charge in [-0.15, -0.1) is 0 Å². The number of carbonyl (C=O) groups excluding carboxylic acids is 1. The molecule has 0 saturated carbocycles. The molecule has 3 aromatic rings. The lowest BCUT2D eigenvalue weighted by Crippen LogP contribution is -2.48. The molecule has 6 nitrogen and oxygen atoms in total. The number of thioether (sulfide) groups is 1. The van der Waals surface area contributed by atoms with Crippen molar-refractivity contribution in [1.29, 1.82) is 0 Å². The molecule has 1 aliphatic rings. The summed E-state index contributed by atoms with van der Waals surface area (Å²) in [5, 5.41) is 12.8. The fraction of sp³-hybridized carbons (Fsp3) is 0.320. The van der Waals surface area contributed by atoms with Gasteiger partial charge < -0.3 is 4.90 Å². The second kappa shape index (κ2) is 10.6. The summed E-state index contributed by atoms with van der Waals surface area (Å²) < 4.78 is 0. The first-order chi connectivity index (χ1) is 15.6. The number of nitro benzene ring substituents is 1. The quantitative estimate of drug-likeness (QED) is 0.280. The van der Waals surface area contributed by atoms with Gasteiger partial charge in [-0.05, 0) is 41.1 Å². The first-order valence-corrected chi connectivity index (χ1v) is 12.1. The zero-order valence-corrected chi connectivity index (χ0v) is 18.8. The molecule has 0 aliphatic carbocycles. The first-order valence-electron chi connectivity index (χ1n) is 10.9. The van der Waals surface area contributed by atoms with E-state index in [1.54, 1.807) is 12.1 Å². The molecule has 32 heavy (non-hydrogen) atoms. The maximum atomic E-state index is 13.1. The number of non-ortho nitro benzene ring substituents is 1. The Kier molecular flexibility index (Phi) is 7.39. The van der Waals surface area contributed by atoms with Crippen molar-refractivity contribution in [3.05, 3.63) is 88.0 Å². The third-order valence-electron chi connectivity index (χ3n) is 5.86. The van der Waals surface area contributed by atoms with Crippen LogP contribution in [0, 0.1) is 10.1 Å². The molecule has 1 heterocycles. The topological polar surface area (TPSA) is 66.7 Å². The van der Waals surface area contributed by atoms with Crippen LogP contribution in [0.5, 0.6) is 0 Å². The van der Waals surface area contributed by atoms with E-state index < -0.39 is 0 Å². The third-order valence-corrected chi connectivity index (χ3v) is 6.97. The number of hydrogen-bond donors (Lipinski definition) is 0. The maximum Gasteiger partial charge on any atom is 0.269 e. The number of rotatable bonds is 8. The van der Waals surface area contributed by atoms with Crippen molar-refractivity contribution in [3.8, 4) is 0 Å². The average molecular weight is 450 g/mol. The highest BCUT2D eigenvalue weighted by atomic mass is 32.2. The zero-order chi connectivity index (χ0) is 22.3. The lowest BCUT2D eigenvalue weighted by molar-refractivity contribution is -0.384. The molecule has 4 rings (SSSR count). The molecule has 1 fully saturated rings. The summed E-state index contributed by atoms with van der Waals surface area (Å²) in [5.41, 5.74) is 2.04. The van der Waals surface area contributed by atoms with Crippen molar-refractivity contribution < 1.29 is 9.72 Å². The molecule has 1 aliphatic heterocycles. The van der Waals surface area contributed by atoms with Crippen molar-refractivity contribution in [3.63, 3.8) is 0 Å². The van der Waals surface area contributed by atoms with Crippen molar-refractivity contribution in [2.45, 2.75) is 12.2 Å². The van der Waals surface area contributed by atoms with Gasteiger partial charge in [0, 0.05) is 49.6 Å². The second-order valence-corrected chi connectivity index (χ2v) is 9.10. The van der Waals surface area contributed by atoms with Crippen molar-refractivity contribution in [2.24, 2.45) is 0 Å². The monoisotopic (exact) mass is 449 g/mol. The number of piperazine rings is 1. The normalized spacial score (nSPS) is 14.6. The summed E-state index contributed by atoms with van der Waals surface area (Å²) in [7, 11) is 0. The van der Waals surface area contributed by atoms with E-state index in [-0.39, 0.29) is 16.5 Å². The molecule has 1 saturated heterocycles. The van der Waals surface area contributed by atoms with Gasteiger partial charge in [-0.3, -0.25) is 19.8 Å². The Morgan fingerprint density at radius 2 is 1.66 bits per heavy atom. The summed E-state index contributed by atoms with van der Waals surface area (Å²) in [5.74, 6) is 2.04. The van der Waals surface area contributed by atoms with Crippen LogP contribution in [0.15, 0.2) is 66.7 Å². The van der Waals surface area contributed by atoms with E-state index in [1.165, 1.54) is 0 Å². The van der Waals surface area contributed by atoms with Crippen LogP contribution in [-0.2, 0) is 5.75 Å². The van der Waals surface area contributed by atoms with Gasteiger partial charge in [0.2, 0.25) is 0 Å². The van der Waals surface area contributed by atoms with Gasteiger partial charge in [-0.2, -0.15) is 11.8 Å². The average Bonchev–Trinajstić information content (AvgIpc) is 2.84. The Morgan fingerprint density at radius 3 is 2.41 bits per heavy atom. The highest BCUT2D eigenvalue weighted by molar-refractivity contribution is 7.98. The summed E-state index contributed by atoms with van der Waals surface area (Å²) in [6, 6.07) is 20.8. The number of nitro groups is 1. The molecule has 0 unspecified atom stereocenters. The van der Waals surface area contributed by atoms with Crippen molar-refractivity contribution in [2.75, 3.05) is 38.5 Å². The predicted octanol–water partition coefficient (Wildman–Crippen LogP) is 4.83. The SMILES string of the molecule is O=C(c1cccc2ccccc12)N1CCN(CCCSCc2ccc([N+](=O)[O-])cc2)CC1. The van der Waals surface area contributed by atoms with Crippen LogP contribution in [0.2, 0.25) is 0 Å². The fourth-order valence-electron chi connectivity index (χ4n) is 4.05. The molecule has 166 valence electrons. The van der Waals surface area contributed by atoms with E-state index in [9.17, 15) is 14.9 Å². The van der Waals surface area contributed by atoms with E-state index in [1.807, 2.05) is 71.3 Å². The van der Waals surface area contributed by atoms with Crippen LogP contribution < -0.4 is 0 Å². The van der Waals surface area contributed by atoms with E-state index in [0.29, 0.717) is 0 Å². The van der Waals surface area contributed by atoms with Gasteiger partial charge in [0.25, 0.3) is 11.6 Å². The van der Waals surface area contributed by atoms with Crippen molar-refractivity contribution in [1.82, 2.24) is 9.80 Å². The summed E-state index contributed by atoms with van der Waals surface area (Å²) >= 11 is 1.85. The Labute approximate surface area is 192 Å². The number of fused-ring (bicyclic) bond motifs is 1. The van der Waals surface area contributed by atoms with Crippen LogP contribution in [-0.4, -0.2) is 59.1 Å². The standard InChI is InChI=1S/C25H27N3O3S/c29-25(24-8-3-6-21-5-1-2-7-23(21)24)27-16-14-26(15-17-27)13-4-18-32-19-20-9-11-22(12-10-20)28(30)31/h1-3,5-12H,4,13-19H2. The smallest absolute Gasteiger partial charge is 0.269 e. The van der Waals surface area contributed by atoms with Crippen LogP contribution in [0.1, 0.15) is 22.3 Å².